The largest absolute Gasteiger partial charge is 0.378 e. The minimum atomic E-state index is -0.834. The number of nitrogens with one attached hydrogen (secondary N) is 1. The van der Waals surface area contributed by atoms with Gasteiger partial charge in [0.2, 0.25) is 5.91 Å². The maximum absolute atomic E-state index is 12.5. The molecule has 0 saturated heterocycles. The first-order valence-electron chi connectivity index (χ1n) is 8.61. The number of rotatable bonds is 7. The van der Waals surface area contributed by atoms with Gasteiger partial charge in [-0.25, -0.2) is 0 Å². The Kier molecular flexibility index (Phi) is 5.48. The van der Waals surface area contributed by atoms with E-state index >= 15 is 0 Å². The van der Waals surface area contributed by atoms with Crippen LogP contribution in [0.2, 0.25) is 0 Å². The first-order chi connectivity index (χ1) is 10.8. The van der Waals surface area contributed by atoms with Crippen molar-refractivity contribution in [2.24, 2.45) is 11.1 Å². The first kappa shape index (κ1) is 18.0. The molecule has 1 aliphatic rings. The Bertz CT molecular complexity index is 539. The maximum Gasteiger partial charge on any atom is 0.240 e. The van der Waals surface area contributed by atoms with Crippen LogP contribution in [0.5, 0.6) is 0 Å². The number of ether oxygens (including phenoxy) is 1. The molecule has 4 heteroatoms. The van der Waals surface area contributed by atoms with Gasteiger partial charge in [0.05, 0.1) is 6.10 Å². The summed E-state index contributed by atoms with van der Waals surface area (Å²) in [7, 11) is 0. The summed E-state index contributed by atoms with van der Waals surface area (Å²) in [6, 6.07) is 8.54. The van der Waals surface area contributed by atoms with Gasteiger partial charge >= 0.3 is 0 Å². The molecule has 0 aliphatic heterocycles. The number of nitrogens with two attached hydrogens (primary N) is 1. The van der Waals surface area contributed by atoms with Gasteiger partial charge in [-0.15, -0.1) is 0 Å². The van der Waals surface area contributed by atoms with E-state index in [4.69, 9.17) is 10.5 Å². The number of carbonyl (C=O) groups excluding carboxylic acids is 1. The molecule has 2 unspecified atom stereocenters. The second-order valence-electron chi connectivity index (χ2n) is 7.02. The minimum absolute atomic E-state index is 0.0600. The number of amides is 1. The molecule has 23 heavy (non-hydrogen) atoms. The zero-order chi connectivity index (χ0) is 17.1. The molecule has 0 bridgehead atoms. The van der Waals surface area contributed by atoms with E-state index in [1.807, 2.05) is 20.8 Å². The number of aryl methyl sites for hydroxylation is 1. The van der Waals surface area contributed by atoms with Crippen LogP contribution in [0.15, 0.2) is 24.3 Å². The van der Waals surface area contributed by atoms with Crippen LogP contribution in [0.4, 0.5) is 0 Å². The highest BCUT2D eigenvalue weighted by Crippen LogP contribution is 2.49. The quantitative estimate of drug-likeness (QED) is 0.811. The third kappa shape index (κ3) is 3.43. The first-order valence-corrected chi connectivity index (χ1v) is 8.61. The van der Waals surface area contributed by atoms with E-state index in [-0.39, 0.29) is 17.4 Å². The van der Waals surface area contributed by atoms with E-state index in [0.717, 1.165) is 12.8 Å². The number of hydrogen-bond donors (Lipinski definition) is 2. The summed E-state index contributed by atoms with van der Waals surface area (Å²) >= 11 is 0. The molecule has 3 N–H and O–H groups in total. The van der Waals surface area contributed by atoms with Crippen molar-refractivity contribution in [3.05, 3.63) is 35.4 Å². The summed E-state index contributed by atoms with van der Waals surface area (Å²) in [5.74, 6) is -0.0661. The van der Waals surface area contributed by atoms with Crippen molar-refractivity contribution in [1.82, 2.24) is 5.32 Å². The van der Waals surface area contributed by atoms with Gasteiger partial charge in [0, 0.05) is 25.0 Å². The van der Waals surface area contributed by atoms with Gasteiger partial charge in [-0.1, -0.05) is 45.0 Å². The van der Waals surface area contributed by atoms with Gasteiger partial charge < -0.3 is 15.8 Å². The van der Waals surface area contributed by atoms with Crippen LogP contribution in [0.3, 0.4) is 0 Å². The molecular weight excluding hydrogens is 288 g/mol. The molecule has 1 saturated carbocycles. The van der Waals surface area contributed by atoms with Crippen LogP contribution in [-0.2, 0) is 22.4 Å². The van der Waals surface area contributed by atoms with Crippen molar-refractivity contribution in [3.8, 4) is 0 Å². The van der Waals surface area contributed by atoms with E-state index in [9.17, 15) is 4.79 Å². The van der Waals surface area contributed by atoms with Crippen molar-refractivity contribution < 1.29 is 9.53 Å². The monoisotopic (exact) mass is 318 g/mol. The summed E-state index contributed by atoms with van der Waals surface area (Å²) in [5.41, 5.74) is 7.76. The highest BCUT2D eigenvalue weighted by atomic mass is 16.5. The Balaban J connectivity index is 1.85. The van der Waals surface area contributed by atoms with E-state index in [2.05, 4.69) is 36.5 Å². The molecule has 1 aliphatic carbocycles. The van der Waals surface area contributed by atoms with Gasteiger partial charge in [0.1, 0.15) is 5.54 Å². The molecule has 2 rings (SSSR count). The Morgan fingerprint density at radius 1 is 1.26 bits per heavy atom. The average molecular weight is 318 g/mol. The molecule has 2 atom stereocenters. The van der Waals surface area contributed by atoms with E-state index in [0.29, 0.717) is 19.6 Å². The molecule has 0 heterocycles. The predicted octanol–water partition coefficient (Wildman–Crippen LogP) is 2.44. The molecule has 1 aromatic carbocycles. The van der Waals surface area contributed by atoms with Crippen molar-refractivity contribution in [1.29, 1.82) is 0 Å². The van der Waals surface area contributed by atoms with Crippen LogP contribution in [0, 0.1) is 5.41 Å². The lowest BCUT2D eigenvalue weighted by molar-refractivity contribution is -0.170. The van der Waals surface area contributed by atoms with Crippen LogP contribution in [0.25, 0.3) is 0 Å². The normalized spacial score (nSPS) is 25.7. The van der Waals surface area contributed by atoms with E-state index in [1.165, 1.54) is 11.1 Å². The third-order valence-electron chi connectivity index (χ3n) is 5.37. The Labute approximate surface area is 139 Å². The zero-order valence-corrected chi connectivity index (χ0v) is 14.8. The number of hydrogen-bond acceptors (Lipinski definition) is 3. The molecule has 0 spiro atoms. The van der Waals surface area contributed by atoms with Crippen molar-refractivity contribution in [2.45, 2.75) is 58.6 Å². The third-order valence-corrected chi connectivity index (χ3v) is 5.37. The topological polar surface area (TPSA) is 64.3 Å². The fourth-order valence-electron chi connectivity index (χ4n) is 3.24. The van der Waals surface area contributed by atoms with E-state index < -0.39 is 5.54 Å². The fourth-order valence-corrected chi connectivity index (χ4v) is 3.24. The summed E-state index contributed by atoms with van der Waals surface area (Å²) in [6.07, 6.45) is 2.51. The van der Waals surface area contributed by atoms with Crippen LogP contribution in [-0.4, -0.2) is 30.7 Å². The molecule has 1 amide bonds. The van der Waals surface area contributed by atoms with Crippen molar-refractivity contribution in [2.75, 3.05) is 13.2 Å². The summed E-state index contributed by atoms with van der Waals surface area (Å²) in [4.78, 5) is 12.5. The fraction of sp³-hybridized carbons (Fsp3) is 0.632. The molecule has 0 radical (unpaired) electrons. The summed E-state index contributed by atoms with van der Waals surface area (Å²) in [5, 5.41) is 3.00. The van der Waals surface area contributed by atoms with Crippen LogP contribution < -0.4 is 11.1 Å². The Morgan fingerprint density at radius 3 is 2.39 bits per heavy atom. The number of benzene rings is 1. The predicted molar refractivity (Wildman–Crippen MR) is 93.3 cm³/mol. The van der Waals surface area contributed by atoms with Crippen molar-refractivity contribution in [3.63, 3.8) is 0 Å². The standard InChI is InChI=1S/C19H30N2O2/c1-5-14-7-9-15(10-8-14)11-12-21-17(22)19(20)13-16(23-6-2)18(19,3)4/h7-10,16H,5-6,11-13,20H2,1-4H3,(H,21,22). The molecular formula is C19H30N2O2. The summed E-state index contributed by atoms with van der Waals surface area (Å²) in [6.45, 7) is 9.40. The number of carbonyl (C=O) groups is 1. The van der Waals surface area contributed by atoms with Gasteiger partial charge in [-0.2, -0.15) is 0 Å². The molecule has 0 aromatic heterocycles. The second kappa shape index (κ2) is 7.02. The lowest BCUT2D eigenvalue weighted by Crippen LogP contribution is -2.75. The maximum atomic E-state index is 12.5. The van der Waals surface area contributed by atoms with Gasteiger partial charge in [0.15, 0.2) is 0 Å². The lowest BCUT2D eigenvalue weighted by Gasteiger charge is -2.57. The average Bonchev–Trinajstić information content (AvgIpc) is 2.55. The molecule has 1 fully saturated rings. The Hall–Kier alpha value is -1.39. The molecule has 1 aromatic rings. The SMILES string of the molecule is CCOC1CC(N)(C(=O)NCCc2ccc(CC)cc2)C1(C)C. The minimum Gasteiger partial charge on any atom is -0.378 e. The smallest absolute Gasteiger partial charge is 0.240 e. The van der Waals surface area contributed by atoms with Crippen molar-refractivity contribution >= 4 is 5.91 Å². The highest BCUT2D eigenvalue weighted by molar-refractivity contribution is 5.88. The van der Waals surface area contributed by atoms with Gasteiger partial charge in [0.25, 0.3) is 0 Å². The van der Waals surface area contributed by atoms with Crippen LogP contribution >= 0.6 is 0 Å². The van der Waals surface area contributed by atoms with E-state index in [1.54, 1.807) is 0 Å². The molecule has 128 valence electrons. The lowest BCUT2D eigenvalue weighted by atomic mass is 9.54. The second-order valence-corrected chi connectivity index (χ2v) is 7.02. The van der Waals surface area contributed by atoms with Crippen LogP contribution in [0.1, 0.15) is 45.2 Å². The molecule has 4 nitrogen and oxygen atoms in total. The highest BCUT2D eigenvalue weighted by Gasteiger charge is 2.62. The zero-order valence-electron chi connectivity index (χ0n) is 14.8. The summed E-state index contributed by atoms with van der Waals surface area (Å²) < 4.78 is 5.67. The Morgan fingerprint density at radius 2 is 1.87 bits per heavy atom. The van der Waals surface area contributed by atoms with Gasteiger partial charge in [-0.05, 0) is 30.9 Å². The van der Waals surface area contributed by atoms with Gasteiger partial charge in [-0.3, -0.25) is 4.79 Å².